The van der Waals surface area contributed by atoms with Crippen molar-refractivity contribution in [2.24, 2.45) is 0 Å². The zero-order valence-electron chi connectivity index (χ0n) is 11.1. The van der Waals surface area contributed by atoms with E-state index < -0.39 is 5.97 Å². The predicted molar refractivity (Wildman–Crippen MR) is 68.4 cm³/mol. The minimum absolute atomic E-state index is 0.0213. The molecule has 0 radical (unpaired) electrons. The van der Waals surface area contributed by atoms with Crippen molar-refractivity contribution in [2.45, 2.75) is 20.8 Å². The molecule has 1 aromatic heterocycles. The zero-order valence-corrected chi connectivity index (χ0v) is 11.1. The monoisotopic (exact) mass is 261 g/mol. The Morgan fingerprint density at radius 3 is 2.58 bits per heavy atom. The fourth-order valence-electron chi connectivity index (χ4n) is 1.70. The summed E-state index contributed by atoms with van der Waals surface area (Å²) >= 11 is 0. The van der Waals surface area contributed by atoms with Crippen molar-refractivity contribution in [3.05, 3.63) is 41.3 Å². The molecular weight excluding hydrogens is 246 g/mol. The molecule has 0 N–H and O–H groups in total. The topological polar surface area (TPSA) is 61.6 Å². The van der Waals surface area contributed by atoms with Crippen LogP contribution >= 0.6 is 0 Å². The minimum atomic E-state index is -0.526. The Balaban J connectivity index is 2.13. The first-order valence-electron chi connectivity index (χ1n) is 5.97. The number of carbonyl (C=O) groups is 1. The van der Waals surface area contributed by atoms with Crippen LogP contribution in [0.4, 0.5) is 0 Å². The number of oxazole rings is 1. The van der Waals surface area contributed by atoms with Crippen LogP contribution in [0.1, 0.15) is 28.5 Å². The maximum absolute atomic E-state index is 11.4. The Bertz CT molecular complexity index is 569. The first-order valence-corrected chi connectivity index (χ1v) is 5.97. The van der Waals surface area contributed by atoms with Crippen LogP contribution in [0.2, 0.25) is 0 Å². The van der Waals surface area contributed by atoms with Gasteiger partial charge in [-0.25, -0.2) is 4.79 Å². The molecule has 5 nitrogen and oxygen atoms in total. The molecule has 2 rings (SSSR count). The van der Waals surface area contributed by atoms with Crippen LogP contribution in [0.15, 0.2) is 28.9 Å². The molecule has 0 amide bonds. The number of aromatic nitrogens is 1. The molecule has 0 aliphatic carbocycles. The van der Waals surface area contributed by atoms with Gasteiger partial charge in [0.25, 0.3) is 0 Å². The van der Waals surface area contributed by atoms with Gasteiger partial charge in [0.1, 0.15) is 12.0 Å². The van der Waals surface area contributed by atoms with E-state index in [1.807, 2.05) is 32.0 Å². The van der Waals surface area contributed by atoms with Crippen LogP contribution in [0, 0.1) is 13.8 Å². The number of carbonyl (C=O) groups excluding carboxylic acids is 1. The van der Waals surface area contributed by atoms with Gasteiger partial charge in [-0.2, -0.15) is 4.98 Å². The molecule has 0 spiro atoms. The minimum Gasteiger partial charge on any atom is -0.461 e. The van der Waals surface area contributed by atoms with E-state index >= 15 is 0 Å². The average molecular weight is 261 g/mol. The predicted octanol–water partition coefficient (Wildman–Crippen LogP) is 3.26. The summed E-state index contributed by atoms with van der Waals surface area (Å²) in [7, 11) is 0. The number of benzene rings is 1. The Morgan fingerprint density at radius 2 is 1.95 bits per heavy atom. The van der Waals surface area contributed by atoms with Crippen LogP contribution in [0.5, 0.6) is 11.8 Å². The first kappa shape index (κ1) is 13.1. The van der Waals surface area contributed by atoms with E-state index in [0.717, 1.165) is 11.1 Å². The van der Waals surface area contributed by atoms with Gasteiger partial charge in [0, 0.05) is 0 Å². The van der Waals surface area contributed by atoms with E-state index in [0.29, 0.717) is 12.4 Å². The lowest BCUT2D eigenvalue weighted by atomic mass is 10.1. The van der Waals surface area contributed by atoms with Crippen molar-refractivity contribution in [3.8, 4) is 11.8 Å². The Hall–Kier alpha value is -2.30. The highest BCUT2D eigenvalue weighted by Crippen LogP contribution is 2.23. The number of nitrogens with zero attached hydrogens (tertiary/aromatic N) is 1. The standard InChI is InChI=1S/C14H15NO4/c1-4-17-13(16)12-8-18-14(15-12)19-11-6-9(2)5-10(3)7-11/h5-8H,4H2,1-3H3. The molecule has 5 heteroatoms. The van der Waals surface area contributed by atoms with Gasteiger partial charge in [-0.3, -0.25) is 0 Å². The molecule has 2 aromatic rings. The van der Waals surface area contributed by atoms with Gasteiger partial charge in [0.05, 0.1) is 6.61 Å². The Kier molecular flexibility index (Phi) is 3.85. The van der Waals surface area contributed by atoms with Gasteiger partial charge in [-0.1, -0.05) is 6.07 Å². The number of esters is 1. The maximum atomic E-state index is 11.4. The molecule has 0 atom stereocenters. The lowest BCUT2D eigenvalue weighted by Crippen LogP contribution is -2.04. The third kappa shape index (κ3) is 3.34. The molecule has 19 heavy (non-hydrogen) atoms. The van der Waals surface area contributed by atoms with Crippen molar-refractivity contribution in [2.75, 3.05) is 6.61 Å². The van der Waals surface area contributed by atoms with Gasteiger partial charge >= 0.3 is 12.0 Å². The van der Waals surface area contributed by atoms with E-state index in [1.165, 1.54) is 6.26 Å². The van der Waals surface area contributed by atoms with E-state index in [2.05, 4.69) is 4.98 Å². The summed E-state index contributed by atoms with van der Waals surface area (Å²) in [6, 6.07) is 5.76. The van der Waals surface area contributed by atoms with Gasteiger partial charge in [-0.15, -0.1) is 0 Å². The summed E-state index contributed by atoms with van der Waals surface area (Å²) in [5.41, 5.74) is 2.25. The quantitative estimate of drug-likeness (QED) is 0.790. The molecular formula is C14H15NO4. The molecule has 0 aliphatic heterocycles. The second-order valence-corrected chi connectivity index (χ2v) is 4.14. The molecule has 0 unspecified atom stereocenters. The summed E-state index contributed by atoms with van der Waals surface area (Å²) < 4.78 is 15.4. The van der Waals surface area contributed by atoms with Crippen LogP contribution in [0.25, 0.3) is 0 Å². The van der Waals surface area contributed by atoms with E-state index in [1.54, 1.807) is 6.92 Å². The van der Waals surface area contributed by atoms with E-state index in [4.69, 9.17) is 13.9 Å². The molecule has 0 saturated carbocycles. The molecule has 0 aliphatic rings. The van der Waals surface area contributed by atoms with Crippen LogP contribution in [0.3, 0.4) is 0 Å². The fraction of sp³-hybridized carbons (Fsp3) is 0.286. The first-order chi connectivity index (χ1) is 9.08. The third-order valence-corrected chi connectivity index (χ3v) is 2.37. The molecule has 1 aromatic carbocycles. The number of rotatable bonds is 4. The van der Waals surface area contributed by atoms with Crippen molar-refractivity contribution >= 4 is 5.97 Å². The van der Waals surface area contributed by atoms with E-state index in [-0.39, 0.29) is 11.8 Å². The highest BCUT2D eigenvalue weighted by Gasteiger charge is 2.14. The lowest BCUT2D eigenvalue weighted by Gasteiger charge is -2.03. The normalized spacial score (nSPS) is 10.3. The summed E-state index contributed by atoms with van der Waals surface area (Å²) in [6.45, 7) is 5.96. The summed E-state index contributed by atoms with van der Waals surface area (Å²) in [6.07, 6.45) is 1.24. The average Bonchev–Trinajstić information content (AvgIpc) is 2.76. The SMILES string of the molecule is CCOC(=O)c1coc(Oc2cc(C)cc(C)c2)n1. The molecule has 0 fully saturated rings. The Labute approximate surface area is 111 Å². The fourth-order valence-corrected chi connectivity index (χ4v) is 1.70. The molecule has 0 saturated heterocycles. The van der Waals surface area contributed by atoms with Crippen LogP contribution in [-0.4, -0.2) is 17.6 Å². The highest BCUT2D eigenvalue weighted by molar-refractivity contribution is 5.86. The molecule has 100 valence electrons. The third-order valence-electron chi connectivity index (χ3n) is 2.37. The van der Waals surface area contributed by atoms with Gasteiger partial charge in [0.2, 0.25) is 0 Å². The van der Waals surface area contributed by atoms with Crippen molar-refractivity contribution in [3.63, 3.8) is 0 Å². The second-order valence-electron chi connectivity index (χ2n) is 4.14. The lowest BCUT2D eigenvalue weighted by molar-refractivity contribution is 0.0519. The second kappa shape index (κ2) is 5.56. The van der Waals surface area contributed by atoms with Crippen LogP contribution < -0.4 is 4.74 Å². The van der Waals surface area contributed by atoms with Crippen molar-refractivity contribution < 1.29 is 18.7 Å². The van der Waals surface area contributed by atoms with Gasteiger partial charge < -0.3 is 13.9 Å². The largest absolute Gasteiger partial charge is 0.461 e. The molecule has 1 heterocycles. The van der Waals surface area contributed by atoms with Gasteiger partial charge in [0.15, 0.2) is 5.69 Å². The van der Waals surface area contributed by atoms with Crippen LogP contribution in [-0.2, 0) is 4.74 Å². The summed E-state index contributed by atoms with van der Waals surface area (Å²) in [5.74, 6) is 0.0938. The summed E-state index contributed by atoms with van der Waals surface area (Å²) in [4.78, 5) is 15.3. The van der Waals surface area contributed by atoms with Crippen molar-refractivity contribution in [1.29, 1.82) is 0 Å². The molecule has 0 bridgehead atoms. The Morgan fingerprint density at radius 1 is 1.26 bits per heavy atom. The van der Waals surface area contributed by atoms with E-state index in [9.17, 15) is 4.79 Å². The smallest absolute Gasteiger partial charge is 0.399 e. The number of hydrogen-bond donors (Lipinski definition) is 0. The van der Waals surface area contributed by atoms with Gasteiger partial charge in [-0.05, 0) is 44.0 Å². The zero-order chi connectivity index (χ0) is 13.8. The number of aryl methyl sites for hydroxylation is 2. The highest BCUT2D eigenvalue weighted by atomic mass is 16.6. The maximum Gasteiger partial charge on any atom is 0.399 e. The number of hydrogen-bond acceptors (Lipinski definition) is 5. The van der Waals surface area contributed by atoms with Crippen molar-refractivity contribution in [1.82, 2.24) is 4.98 Å². The summed E-state index contributed by atoms with van der Waals surface area (Å²) in [5, 5.41) is 0. The number of ether oxygens (including phenoxy) is 2.